The summed E-state index contributed by atoms with van der Waals surface area (Å²) in [5.74, 6) is -0.374. The summed E-state index contributed by atoms with van der Waals surface area (Å²) in [4.78, 5) is 16.7. The number of carbonyl (C=O) groups is 1. The van der Waals surface area contributed by atoms with Crippen LogP contribution in [0.1, 0.15) is 30.1 Å². The fraction of sp³-hybridized carbons (Fsp3) is 0.529. The number of rotatable bonds is 7. The van der Waals surface area contributed by atoms with E-state index >= 15 is 0 Å². The minimum absolute atomic E-state index is 0.0624. The number of hydrogen-bond donors (Lipinski definition) is 1. The number of benzene rings is 1. The van der Waals surface area contributed by atoms with Gasteiger partial charge in [-0.2, -0.15) is 0 Å². The van der Waals surface area contributed by atoms with Crippen molar-refractivity contribution >= 4 is 35.1 Å². The van der Waals surface area contributed by atoms with Crippen LogP contribution in [0.5, 0.6) is 0 Å². The molecular weight excluding hydrogens is 367 g/mol. The molecule has 1 N–H and O–H groups in total. The maximum Gasteiger partial charge on any atom is 0.291 e. The zero-order chi connectivity index (χ0) is 18.1. The van der Waals surface area contributed by atoms with E-state index in [0.717, 1.165) is 19.4 Å². The van der Waals surface area contributed by atoms with Crippen LogP contribution in [0.15, 0.2) is 23.2 Å². The van der Waals surface area contributed by atoms with E-state index in [1.54, 1.807) is 12.1 Å². The maximum absolute atomic E-state index is 12.4. The normalized spacial score (nSPS) is 17.6. The molecular formula is C17H22Cl2N2O4. The van der Waals surface area contributed by atoms with Gasteiger partial charge in [0.25, 0.3) is 11.9 Å². The van der Waals surface area contributed by atoms with Gasteiger partial charge >= 0.3 is 0 Å². The molecule has 138 valence electrons. The van der Waals surface area contributed by atoms with Crippen molar-refractivity contribution in [2.45, 2.75) is 25.9 Å². The molecule has 1 aromatic rings. The summed E-state index contributed by atoms with van der Waals surface area (Å²) in [5.41, 5.74) is 0.368. The van der Waals surface area contributed by atoms with E-state index < -0.39 is 0 Å². The second kappa shape index (κ2) is 10.6. The van der Waals surface area contributed by atoms with Crippen molar-refractivity contribution in [1.82, 2.24) is 5.32 Å². The molecule has 0 radical (unpaired) electrons. The highest BCUT2D eigenvalue weighted by Crippen LogP contribution is 2.22. The van der Waals surface area contributed by atoms with E-state index in [2.05, 4.69) is 10.3 Å². The SMILES string of the molecule is CCOCCOC(=NC[C@H]1CCCO1)NC(=O)c1ccc(Cl)c(Cl)c1. The van der Waals surface area contributed by atoms with Crippen molar-refractivity contribution in [2.24, 2.45) is 4.99 Å². The van der Waals surface area contributed by atoms with Gasteiger partial charge in [-0.3, -0.25) is 10.1 Å². The predicted molar refractivity (Wildman–Crippen MR) is 97.6 cm³/mol. The molecule has 1 heterocycles. The molecule has 1 saturated heterocycles. The van der Waals surface area contributed by atoms with E-state index in [1.165, 1.54) is 6.07 Å². The van der Waals surface area contributed by atoms with Gasteiger partial charge in [-0.25, -0.2) is 4.99 Å². The average molecular weight is 389 g/mol. The monoisotopic (exact) mass is 388 g/mol. The lowest BCUT2D eigenvalue weighted by molar-refractivity contribution is 0.0913. The van der Waals surface area contributed by atoms with Crippen LogP contribution in [-0.2, 0) is 14.2 Å². The van der Waals surface area contributed by atoms with E-state index in [4.69, 9.17) is 37.4 Å². The van der Waals surface area contributed by atoms with Crippen molar-refractivity contribution in [3.8, 4) is 0 Å². The van der Waals surface area contributed by atoms with E-state index in [-0.39, 0.29) is 18.0 Å². The largest absolute Gasteiger partial charge is 0.463 e. The van der Waals surface area contributed by atoms with Gasteiger partial charge in [-0.15, -0.1) is 0 Å². The van der Waals surface area contributed by atoms with Crippen LogP contribution in [0.4, 0.5) is 0 Å². The van der Waals surface area contributed by atoms with Gasteiger partial charge in [-0.1, -0.05) is 23.2 Å². The molecule has 2 rings (SSSR count). The average Bonchev–Trinajstić information content (AvgIpc) is 3.12. The van der Waals surface area contributed by atoms with Crippen LogP contribution in [0.3, 0.4) is 0 Å². The molecule has 0 unspecified atom stereocenters. The first-order valence-corrected chi connectivity index (χ1v) is 8.98. The molecule has 1 fully saturated rings. The molecule has 1 aliphatic rings. The van der Waals surface area contributed by atoms with Gasteiger partial charge in [0.15, 0.2) is 0 Å². The third-order valence-corrected chi connectivity index (χ3v) is 4.27. The van der Waals surface area contributed by atoms with Gasteiger partial charge in [0.05, 0.1) is 29.3 Å². The van der Waals surface area contributed by atoms with Crippen molar-refractivity contribution in [3.05, 3.63) is 33.8 Å². The molecule has 1 aliphatic heterocycles. The Hall–Kier alpha value is -1.34. The third kappa shape index (κ3) is 6.82. The summed E-state index contributed by atoms with van der Waals surface area (Å²) in [6.07, 6.45) is 2.04. The molecule has 6 nitrogen and oxygen atoms in total. The number of carbonyl (C=O) groups excluding carboxylic acids is 1. The number of halogens is 2. The highest BCUT2D eigenvalue weighted by molar-refractivity contribution is 6.42. The lowest BCUT2D eigenvalue weighted by atomic mass is 10.2. The van der Waals surface area contributed by atoms with Crippen LogP contribution in [-0.4, -0.2) is 51.0 Å². The zero-order valence-electron chi connectivity index (χ0n) is 14.1. The minimum Gasteiger partial charge on any atom is -0.463 e. The highest BCUT2D eigenvalue weighted by Gasteiger charge is 2.17. The first-order valence-electron chi connectivity index (χ1n) is 8.23. The van der Waals surface area contributed by atoms with Gasteiger partial charge < -0.3 is 14.2 Å². The predicted octanol–water partition coefficient (Wildman–Crippen LogP) is 3.31. The summed E-state index contributed by atoms with van der Waals surface area (Å²) >= 11 is 11.8. The Morgan fingerprint density at radius 3 is 2.88 bits per heavy atom. The van der Waals surface area contributed by atoms with Crippen LogP contribution >= 0.6 is 23.2 Å². The fourth-order valence-electron chi connectivity index (χ4n) is 2.24. The number of ether oxygens (including phenoxy) is 3. The summed E-state index contributed by atoms with van der Waals surface area (Å²) in [7, 11) is 0. The van der Waals surface area contributed by atoms with Gasteiger partial charge in [-0.05, 0) is 38.0 Å². The third-order valence-electron chi connectivity index (χ3n) is 3.54. The standard InChI is InChI=1S/C17H22Cl2N2O4/c1-2-23-8-9-25-17(20-11-13-4-3-7-24-13)21-16(22)12-5-6-14(18)15(19)10-12/h5-6,10,13H,2-4,7-9,11H2,1H3,(H,20,21,22)/t13-/m1/s1. The summed E-state index contributed by atoms with van der Waals surface area (Å²) in [6.45, 7) is 4.39. The van der Waals surface area contributed by atoms with Crippen LogP contribution in [0.2, 0.25) is 10.0 Å². The smallest absolute Gasteiger partial charge is 0.291 e. The van der Waals surface area contributed by atoms with Crippen LogP contribution in [0, 0.1) is 0 Å². The summed E-state index contributed by atoms with van der Waals surface area (Å²) < 4.78 is 16.3. The zero-order valence-corrected chi connectivity index (χ0v) is 15.6. The Morgan fingerprint density at radius 1 is 1.36 bits per heavy atom. The van der Waals surface area contributed by atoms with Crippen molar-refractivity contribution < 1.29 is 19.0 Å². The minimum atomic E-state index is -0.374. The van der Waals surface area contributed by atoms with Crippen molar-refractivity contribution in [3.63, 3.8) is 0 Å². The molecule has 0 spiro atoms. The molecule has 25 heavy (non-hydrogen) atoms. The topological polar surface area (TPSA) is 69.2 Å². The number of hydrogen-bond acceptors (Lipinski definition) is 5. The van der Waals surface area contributed by atoms with Gasteiger partial charge in [0, 0.05) is 18.8 Å². The fourth-order valence-corrected chi connectivity index (χ4v) is 2.54. The molecule has 1 atom stereocenters. The Bertz CT molecular complexity index is 604. The number of nitrogens with one attached hydrogen (secondary N) is 1. The number of nitrogens with zero attached hydrogens (tertiary/aromatic N) is 1. The van der Waals surface area contributed by atoms with Gasteiger partial charge in [0.2, 0.25) is 0 Å². The van der Waals surface area contributed by atoms with Crippen LogP contribution < -0.4 is 5.32 Å². The first kappa shape index (κ1) is 20.0. The molecule has 0 saturated carbocycles. The Balaban J connectivity index is 1.98. The molecule has 0 aromatic heterocycles. The molecule has 1 aromatic carbocycles. The summed E-state index contributed by atoms with van der Waals surface area (Å²) in [5, 5.41) is 3.35. The van der Waals surface area contributed by atoms with Crippen LogP contribution in [0.25, 0.3) is 0 Å². The molecule has 0 bridgehead atoms. The molecule has 0 aliphatic carbocycles. The first-order chi connectivity index (χ1) is 12.1. The quantitative estimate of drug-likeness (QED) is 0.441. The van der Waals surface area contributed by atoms with Gasteiger partial charge in [0.1, 0.15) is 6.61 Å². The lowest BCUT2D eigenvalue weighted by Crippen LogP contribution is -2.34. The highest BCUT2D eigenvalue weighted by atomic mass is 35.5. The Morgan fingerprint density at radius 2 is 2.20 bits per heavy atom. The lowest BCUT2D eigenvalue weighted by Gasteiger charge is -2.12. The Kier molecular flexibility index (Phi) is 8.48. The molecule has 1 amide bonds. The number of amides is 1. The van der Waals surface area contributed by atoms with Crippen molar-refractivity contribution in [2.75, 3.05) is 33.0 Å². The van der Waals surface area contributed by atoms with E-state index in [9.17, 15) is 4.79 Å². The van der Waals surface area contributed by atoms with Crippen molar-refractivity contribution in [1.29, 1.82) is 0 Å². The summed E-state index contributed by atoms with van der Waals surface area (Å²) in [6, 6.07) is 4.79. The van der Waals surface area contributed by atoms with E-state index in [1.807, 2.05) is 6.92 Å². The Labute approximate surface area is 157 Å². The second-order valence-corrected chi connectivity index (χ2v) is 6.22. The maximum atomic E-state index is 12.4. The number of amidine groups is 1. The second-order valence-electron chi connectivity index (χ2n) is 5.41. The van der Waals surface area contributed by atoms with E-state index in [0.29, 0.717) is 42.0 Å². The number of aliphatic imine (C=N–C) groups is 1. The molecule has 8 heteroatoms.